The number of methoxy groups -OCH3 is 1. The molecule has 1 atom stereocenters. The maximum absolute atomic E-state index is 13.5. The molecule has 33 heavy (non-hydrogen) atoms. The van der Waals surface area contributed by atoms with Gasteiger partial charge in [0.15, 0.2) is 0 Å². The van der Waals surface area contributed by atoms with Crippen molar-refractivity contribution < 1.29 is 14.3 Å². The van der Waals surface area contributed by atoms with E-state index >= 15 is 0 Å². The highest BCUT2D eigenvalue weighted by Crippen LogP contribution is 2.29. The van der Waals surface area contributed by atoms with Gasteiger partial charge in [-0.1, -0.05) is 30.3 Å². The Hall–Kier alpha value is -2.94. The third-order valence-electron chi connectivity index (χ3n) is 5.13. The summed E-state index contributed by atoms with van der Waals surface area (Å²) in [5.41, 5.74) is 0.962. The van der Waals surface area contributed by atoms with Gasteiger partial charge in [-0.25, -0.2) is 0 Å². The molecule has 5 nitrogen and oxygen atoms in total. The molecule has 0 aliphatic rings. The molecule has 4 rings (SSSR count). The third kappa shape index (κ3) is 6.10. The fourth-order valence-electron chi connectivity index (χ4n) is 3.46. The van der Waals surface area contributed by atoms with E-state index in [-0.39, 0.29) is 18.2 Å². The van der Waals surface area contributed by atoms with Crippen molar-refractivity contribution in [2.24, 2.45) is 0 Å². The highest BCUT2D eigenvalue weighted by atomic mass is 32.1. The first kappa shape index (κ1) is 23.2. The molecular weight excluding hydrogens is 472 g/mol. The zero-order valence-electron chi connectivity index (χ0n) is 18.1. The van der Waals surface area contributed by atoms with E-state index in [0.29, 0.717) is 13.1 Å². The molecule has 1 aromatic carbocycles. The van der Waals surface area contributed by atoms with Crippen molar-refractivity contribution in [3.63, 3.8) is 0 Å². The summed E-state index contributed by atoms with van der Waals surface area (Å²) in [5.74, 6) is 0.510. The maximum Gasteiger partial charge on any atom is 0.248 e. The van der Waals surface area contributed by atoms with Gasteiger partial charge in [-0.3, -0.25) is 9.59 Å². The van der Waals surface area contributed by atoms with Gasteiger partial charge < -0.3 is 15.0 Å². The van der Waals surface area contributed by atoms with E-state index < -0.39 is 6.04 Å². The van der Waals surface area contributed by atoms with Crippen LogP contribution in [-0.2, 0) is 29.1 Å². The first-order valence-electron chi connectivity index (χ1n) is 10.4. The topological polar surface area (TPSA) is 58.6 Å². The Kier molecular flexibility index (Phi) is 7.93. The summed E-state index contributed by atoms with van der Waals surface area (Å²) in [6.07, 6.45) is 0.274. The van der Waals surface area contributed by atoms with Crippen molar-refractivity contribution in [2.45, 2.75) is 25.6 Å². The summed E-state index contributed by atoms with van der Waals surface area (Å²) in [7, 11) is 1.62. The van der Waals surface area contributed by atoms with Crippen molar-refractivity contribution in [1.82, 2.24) is 10.2 Å². The number of rotatable bonds is 10. The molecule has 0 aliphatic heterocycles. The first-order chi connectivity index (χ1) is 16.1. The number of benzene rings is 1. The summed E-state index contributed by atoms with van der Waals surface area (Å²) in [6.45, 7) is 0.761. The Bertz CT molecular complexity index is 1140. The maximum atomic E-state index is 13.5. The van der Waals surface area contributed by atoms with Crippen LogP contribution in [0.25, 0.3) is 0 Å². The van der Waals surface area contributed by atoms with Crippen LogP contribution in [0, 0.1) is 0 Å². The lowest BCUT2D eigenvalue weighted by atomic mass is 10.1. The molecule has 0 saturated heterocycles. The molecule has 4 aromatic rings. The monoisotopic (exact) mass is 496 g/mol. The van der Waals surface area contributed by atoms with Crippen molar-refractivity contribution in [2.75, 3.05) is 7.11 Å². The van der Waals surface area contributed by atoms with Gasteiger partial charge in [-0.05, 0) is 52.0 Å². The summed E-state index contributed by atoms with van der Waals surface area (Å²) in [5, 5.41) is 8.92. The quantitative estimate of drug-likeness (QED) is 0.315. The van der Waals surface area contributed by atoms with E-state index in [1.165, 1.54) is 11.3 Å². The summed E-state index contributed by atoms with van der Waals surface area (Å²) in [6, 6.07) is 18.6. The minimum absolute atomic E-state index is 0.0659. The van der Waals surface area contributed by atoms with Crippen LogP contribution in [0.15, 0.2) is 76.8 Å². The smallest absolute Gasteiger partial charge is 0.248 e. The van der Waals surface area contributed by atoms with Gasteiger partial charge in [0.1, 0.15) is 11.8 Å². The van der Waals surface area contributed by atoms with Crippen molar-refractivity contribution in [1.29, 1.82) is 0 Å². The van der Waals surface area contributed by atoms with Gasteiger partial charge in [0.05, 0.1) is 20.1 Å². The number of thiophene rings is 3. The molecule has 8 heteroatoms. The summed E-state index contributed by atoms with van der Waals surface area (Å²) >= 11 is 4.62. The van der Waals surface area contributed by atoms with Crippen LogP contribution in [0.2, 0.25) is 0 Å². The normalized spacial score (nSPS) is 11.7. The number of nitrogens with zero attached hydrogens (tertiary/aromatic N) is 1. The molecule has 0 unspecified atom stereocenters. The molecule has 0 radical (unpaired) electrons. The predicted molar refractivity (Wildman–Crippen MR) is 135 cm³/mol. The largest absolute Gasteiger partial charge is 0.497 e. The van der Waals surface area contributed by atoms with E-state index in [1.807, 2.05) is 76.8 Å². The number of carbonyl (C=O) groups is 2. The molecular formula is C25H24N2O3S3. The first-order valence-corrected chi connectivity index (χ1v) is 13.1. The minimum atomic E-state index is -0.696. The van der Waals surface area contributed by atoms with E-state index in [1.54, 1.807) is 34.7 Å². The lowest BCUT2D eigenvalue weighted by Gasteiger charge is -2.30. The Morgan fingerprint density at radius 1 is 0.909 bits per heavy atom. The van der Waals surface area contributed by atoms with Gasteiger partial charge in [0.25, 0.3) is 0 Å². The van der Waals surface area contributed by atoms with Crippen LogP contribution in [0.3, 0.4) is 0 Å². The van der Waals surface area contributed by atoms with Crippen LogP contribution < -0.4 is 10.1 Å². The SMILES string of the molecule is COc1ccc(CNC(=O)[C@H](c2cccs2)N(Cc2cccs2)C(=O)Cc2cccs2)cc1. The van der Waals surface area contributed by atoms with Gasteiger partial charge in [0, 0.05) is 21.2 Å². The average molecular weight is 497 g/mol. The second-order valence-corrected chi connectivity index (χ2v) is 10.4. The highest BCUT2D eigenvalue weighted by Gasteiger charge is 2.32. The molecule has 0 spiro atoms. The van der Waals surface area contributed by atoms with Gasteiger partial charge in [-0.2, -0.15) is 0 Å². The van der Waals surface area contributed by atoms with Crippen LogP contribution >= 0.6 is 34.0 Å². The fourth-order valence-corrected chi connectivity index (χ4v) is 5.69. The summed E-state index contributed by atoms with van der Waals surface area (Å²) in [4.78, 5) is 31.5. The van der Waals surface area contributed by atoms with Crippen LogP contribution in [0.1, 0.15) is 26.2 Å². The molecule has 0 bridgehead atoms. The molecule has 2 amide bonds. The second-order valence-electron chi connectivity index (χ2n) is 7.34. The van der Waals surface area contributed by atoms with Crippen LogP contribution in [0.4, 0.5) is 0 Å². The van der Waals surface area contributed by atoms with E-state index in [9.17, 15) is 9.59 Å². The minimum Gasteiger partial charge on any atom is -0.497 e. The van der Waals surface area contributed by atoms with E-state index in [0.717, 1.165) is 25.9 Å². The summed E-state index contributed by atoms with van der Waals surface area (Å²) < 4.78 is 5.20. The average Bonchev–Trinajstić information content (AvgIpc) is 3.62. The predicted octanol–water partition coefficient (Wildman–Crippen LogP) is 5.51. The molecule has 1 N–H and O–H groups in total. The number of hydrogen-bond acceptors (Lipinski definition) is 6. The van der Waals surface area contributed by atoms with Crippen LogP contribution in [-0.4, -0.2) is 23.8 Å². The molecule has 170 valence electrons. The number of nitrogens with one attached hydrogen (secondary N) is 1. The lowest BCUT2D eigenvalue weighted by Crippen LogP contribution is -2.43. The van der Waals surface area contributed by atoms with Crippen LogP contribution in [0.5, 0.6) is 5.75 Å². The van der Waals surface area contributed by atoms with E-state index in [2.05, 4.69) is 5.32 Å². The zero-order valence-corrected chi connectivity index (χ0v) is 20.6. The number of carbonyl (C=O) groups excluding carboxylic acids is 2. The van der Waals surface area contributed by atoms with Gasteiger partial charge >= 0.3 is 0 Å². The Morgan fingerprint density at radius 2 is 1.58 bits per heavy atom. The molecule has 0 fully saturated rings. The molecule has 3 aromatic heterocycles. The molecule has 0 saturated carbocycles. The fraction of sp³-hybridized carbons (Fsp3) is 0.200. The standard InChI is InChI=1S/C25H24N2O3S3/c1-30-19-10-8-18(9-11-19)16-26-25(29)24(22-7-4-14-33-22)27(17-21-6-3-13-32-21)23(28)15-20-5-2-12-31-20/h2-14,24H,15-17H2,1H3,(H,26,29)/t24-/m0/s1. The van der Waals surface area contributed by atoms with Gasteiger partial charge in [0.2, 0.25) is 11.8 Å². The second kappa shape index (κ2) is 11.3. The van der Waals surface area contributed by atoms with Crippen molar-refractivity contribution >= 4 is 45.8 Å². The van der Waals surface area contributed by atoms with Gasteiger partial charge in [-0.15, -0.1) is 34.0 Å². The zero-order chi connectivity index (χ0) is 23.0. The highest BCUT2D eigenvalue weighted by molar-refractivity contribution is 7.10. The van der Waals surface area contributed by atoms with E-state index in [4.69, 9.17) is 4.74 Å². The number of ether oxygens (including phenoxy) is 1. The lowest BCUT2D eigenvalue weighted by molar-refractivity contribution is -0.141. The number of hydrogen-bond donors (Lipinski definition) is 1. The molecule has 0 aliphatic carbocycles. The van der Waals surface area contributed by atoms with Crippen molar-refractivity contribution in [3.8, 4) is 5.75 Å². The third-order valence-corrected chi connectivity index (χ3v) is 7.79. The Morgan fingerprint density at radius 3 is 2.18 bits per heavy atom. The Balaban J connectivity index is 1.58. The Labute approximate surface area is 205 Å². The molecule has 3 heterocycles. The van der Waals surface area contributed by atoms with Crippen molar-refractivity contribution in [3.05, 3.63) is 97.0 Å². The number of amides is 2.